The number of rotatable bonds is 5. The molecule has 0 saturated heterocycles. The minimum atomic E-state index is -0.178. The van der Waals surface area contributed by atoms with E-state index in [4.69, 9.17) is 0 Å². The third-order valence-corrected chi connectivity index (χ3v) is 3.64. The highest BCUT2D eigenvalue weighted by Crippen LogP contribution is 2.30. The Labute approximate surface area is 122 Å². The van der Waals surface area contributed by atoms with Crippen molar-refractivity contribution in [1.82, 2.24) is 5.32 Å². The van der Waals surface area contributed by atoms with Crippen molar-refractivity contribution in [2.75, 3.05) is 6.54 Å². The lowest BCUT2D eigenvalue weighted by atomic mass is 10.0. The first-order valence-electron chi connectivity index (χ1n) is 6.46. The molecule has 2 rings (SSSR count). The van der Waals surface area contributed by atoms with E-state index in [0.29, 0.717) is 12.1 Å². The highest BCUT2D eigenvalue weighted by atomic mass is 79.9. The molecule has 0 fully saturated rings. The first kappa shape index (κ1) is 14.2. The fourth-order valence-electron chi connectivity index (χ4n) is 1.98. The topological polar surface area (TPSA) is 12.0 Å². The molecule has 0 heterocycles. The number of benzene rings is 2. The summed E-state index contributed by atoms with van der Waals surface area (Å²) in [6.45, 7) is 3.78. The van der Waals surface area contributed by atoms with Gasteiger partial charge in [0.25, 0.3) is 0 Å². The van der Waals surface area contributed by atoms with Gasteiger partial charge >= 0.3 is 0 Å². The van der Waals surface area contributed by atoms with Crippen molar-refractivity contribution < 1.29 is 4.39 Å². The van der Waals surface area contributed by atoms with Gasteiger partial charge < -0.3 is 5.32 Å². The average Bonchev–Trinajstić information content (AvgIpc) is 2.40. The Morgan fingerprint density at radius 3 is 2.58 bits per heavy atom. The third-order valence-electron chi connectivity index (χ3n) is 2.95. The number of halogens is 2. The Balaban J connectivity index is 2.22. The molecule has 2 aromatic carbocycles. The third kappa shape index (κ3) is 3.64. The van der Waals surface area contributed by atoms with Crippen LogP contribution in [0.2, 0.25) is 0 Å². The molecule has 1 nitrogen and oxygen atoms in total. The SMILES string of the molecule is CCCNCc1ccc(-c2ccccc2Br)c(F)c1. The predicted molar refractivity (Wildman–Crippen MR) is 81.5 cm³/mol. The maximum atomic E-state index is 14.2. The zero-order chi connectivity index (χ0) is 13.7. The second-order valence-electron chi connectivity index (χ2n) is 4.47. The molecule has 19 heavy (non-hydrogen) atoms. The zero-order valence-corrected chi connectivity index (χ0v) is 12.5. The lowest BCUT2D eigenvalue weighted by molar-refractivity contribution is 0.622. The van der Waals surface area contributed by atoms with E-state index >= 15 is 0 Å². The standard InChI is InChI=1S/C16H17BrFN/c1-2-9-19-11-12-7-8-14(16(18)10-12)13-5-3-4-6-15(13)17/h3-8,10,19H,2,9,11H2,1H3. The van der Waals surface area contributed by atoms with Gasteiger partial charge in [-0.2, -0.15) is 0 Å². The monoisotopic (exact) mass is 321 g/mol. The van der Waals surface area contributed by atoms with Crippen LogP contribution in [0, 0.1) is 5.82 Å². The number of nitrogens with one attached hydrogen (secondary N) is 1. The molecule has 0 spiro atoms. The van der Waals surface area contributed by atoms with E-state index in [0.717, 1.165) is 28.6 Å². The molecule has 0 amide bonds. The molecular weight excluding hydrogens is 305 g/mol. The summed E-state index contributed by atoms with van der Waals surface area (Å²) < 4.78 is 15.1. The van der Waals surface area contributed by atoms with E-state index in [1.54, 1.807) is 6.07 Å². The lowest BCUT2D eigenvalue weighted by Gasteiger charge is -2.09. The summed E-state index contributed by atoms with van der Waals surface area (Å²) in [6.07, 6.45) is 1.08. The van der Waals surface area contributed by atoms with Gasteiger partial charge in [-0.05, 0) is 36.2 Å². The minimum absolute atomic E-state index is 0.178. The van der Waals surface area contributed by atoms with Gasteiger partial charge in [0, 0.05) is 16.6 Å². The van der Waals surface area contributed by atoms with Crippen LogP contribution in [0.25, 0.3) is 11.1 Å². The smallest absolute Gasteiger partial charge is 0.131 e. The fourth-order valence-corrected chi connectivity index (χ4v) is 2.47. The summed E-state index contributed by atoms with van der Waals surface area (Å²) in [7, 11) is 0. The first-order chi connectivity index (χ1) is 9.22. The quantitative estimate of drug-likeness (QED) is 0.783. The molecule has 0 atom stereocenters. The van der Waals surface area contributed by atoms with Gasteiger partial charge in [0.2, 0.25) is 0 Å². The van der Waals surface area contributed by atoms with Crippen molar-refractivity contribution in [2.24, 2.45) is 0 Å². The molecule has 0 aliphatic rings. The average molecular weight is 322 g/mol. The summed E-state index contributed by atoms with van der Waals surface area (Å²) in [5, 5.41) is 3.27. The lowest BCUT2D eigenvalue weighted by Crippen LogP contribution is -2.13. The largest absolute Gasteiger partial charge is 0.313 e. The Bertz CT molecular complexity index is 554. The summed E-state index contributed by atoms with van der Waals surface area (Å²) in [5.74, 6) is -0.178. The summed E-state index contributed by atoms with van der Waals surface area (Å²) >= 11 is 3.46. The van der Waals surface area contributed by atoms with Crippen molar-refractivity contribution >= 4 is 15.9 Å². The van der Waals surface area contributed by atoms with Crippen LogP contribution in [0.15, 0.2) is 46.9 Å². The molecule has 0 aliphatic heterocycles. The van der Waals surface area contributed by atoms with E-state index in [9.17, 15) is 4.39 Å². The molecule has 2 aromatic rings. The molecule has 3 heteroatoms. The highest BCUT2D eigenvalue weighted by Gasteiger charge is 2.08. The zero-order valence-electron chi connectivity index (χ0n) is 10.9. The van der Waals surface area contributed by atoms with E-state index in [1.165, 1.54) is 0 Å². The van der Waals surface area contributed by atoms with Crippen LogP contribution in [0.3, 0.4) is 0 Å². The van der Waals surface area contributed by atoms with Crippen LogP contribution in [0.1, 0.15) is 18.9 Å². The van der Waals surface area contributed by atoms with Crippen molar-refractivity contribution in [3.05, 3.63) is 58.3 Å². The van der Waals surface area contributed by atoms with Crippen LogP contribution in [0.5, 0.6) is 0 Å². The van der Waals surface area contributed by atoms with Crippen molar-refractivity contribution in [3.63, 3.8) is 0 Å². The number of hydrogen-bond donors (Lipinski definition) is 1. The van der Waals surface area contributed by atoms with E-state index in [-0.39, 0.29) is 5.82 Å². The van der Waals surface area contributed by atoms with E-state index in [1.807, 2.05) is 36.4 Å². The normalized spacial score (nSPS) is 10.7. The number of hydrogen-bond acceptors (Lipinski definition) is 1. The molecule has 0 bridgehead atoms. The Morgan fingerprint density at radius 1 is 1.11 bits per heavy atom. The van der Waals surface area contributed by atoms with Gasteiger partial charge in [0.1, 0.15) is 5.82 Å². The summed E-state index contributed by atoms with van der Waals surface area (Å²) in [6, 6.07) is 13.1. The second kappa shape index (κ2) is 6.83. The molecule has 100 valence electrons. The summed E-state index contributed by atoms with van der Waals surface area (Å²) in [5.41, 5.74) is 2.49. The molecule has 0 radical (unpaired) electrons. The highest BCUT2D eigenvalue weighted by molar-refractivity contribution is 9.10. The summed E-state index contributed by atoms with van der Waals surface area (Å²) in [4.78, 5) is 0. The van der Waals surface area contributed by atoms with Gasteiger partial charge in [0.05, 0.1) is 0 Å². The molecule has 0 aliphatic carbocycles. The van der Waals surface area contributed by atoms with E-state index < -0.39 is 0 Å². The van der Waals surface area contributed by atoms with E-state index in [2.05, 4.69) is 28.2 Å². The minimum Gasteiger partial charge on any atom is -0.313 e. The van der Waals surface area contributed by atoms with Gasteiger partial charge in [-0.25, -0.2) is 4.39 Å². The predicted octanol–water partition coefficient (Wildman–Crippen LogP) is 4.75. The maximum Gasteiger partial charge on any atom is 0.131 e. The maximum absolute atomic E-state index is 14.2. The first-order valence-corrected chi connectivity index (χ1v) is 7.25. The Morgan fingerprint density at radius 2 is 1.89 bits per heavy atom. The molecule has 0 aromatic heterocycles. The van der Waals surface area contributed by atoms with Crippen molar-refractivity contribution in [2.45, 2.75) is 19.9 Å². The van der Waals surface area contributed by atoms with Gasteiger partial charge in [-0.3, -0.25) is 0 Å². The molecule has 0 saturated carbocycles. The fraction of sp³-hybridized carbons (Fsp3) is 0.250. The second-order valence-corrected chi connectivity index (χ2v) is 5.33. The van der Waals surface area contributed by atoms with Crippen molar-refractivity contribution in [1.29, 1.82) is 0 Å². The van der Waals surface area contributed by atoms with Gasteiger partial charge in [-0.1, -0.05) is 53.2 Å². The van der Waals surface area contributed by atoms with Crippen LogP contribution < -0.4 is 5.32 Å². The van der Waals surface area contributed by atoms with Gasteiger partial charge in [-0.15, -0.1) is 0 Å². The Hall–Kier alpha value is -1.19. The van der Waals surface area contributed by atoms with Crippen LogP contribution in [-0.4, -0.2) is 6.54 Å². The van der Waals surface area contributed by atoms with Crippen LogP contribution in [-0.2, 0) is 6.54 Å². The molecule has 1 N–H and O–H groups in total. The van der Waals surface area contributed by atoms with Crippen LogP contribution >= 0.6 is 15.9 Å². The molecular formula is C16H17BrFN. The van der Waals surface area contributed by atoms with Crippen molar-refractivity contribution in [3.8, 4) is 11.1 Å². The van der Waals surface area contributed by atoms with Gasteiger partial charge in [0.15, 0.2) is 0 Å². The molecule has 0 unspecified atom stereocenters. The van der Waals surface area contributed by atoms with Crippen LogP contribution in [0.4, 0.5) is 4.39 Å². The Kier molecular flexibility index (Phi) is 5.11.